The van der Waals surface area contributed by atoms with Crippen LogP contribution in [-0.4, -0.2) is 31.1 Å². The fourth-order valence-electron chi connectivity index (χ4n) is 4.24. The lowest BCUT2D eigenvalue weighted by atomic mass is 10.0. The maximum atomic E-state index is 13.4. The lowest BCUT2D eigenvalue weighted by Crippen LogP contribution is -1.91. The number of benzene rings is 2. The minimum atomic E-state index is -0.271. The van der Waals surface area contributed by atoms with Crippen LogP contribution in [0.1, 0.15) is 11.4 Å². The molecule has 0 radical (unpaired) electrons. The van der Waals surface area contributed by atoms with E-state index >= 15 is 0 Å². The first-order valence-corrected chi connectivity index (χ1v) is 12.0. The van der Waals surface area contributed by atoms with Crippen molar-refractivity contribution in [2.75, 3.05) is 6.54 Å². The van der Waals surface area contributed by atoms with E-state index in [1.54, 1.807) is 29.7 Å². The summed E-state index contributed by atoms with van der Waals surface area (Å²) in [5.74, 6) is -0.271. The monoisotopic (exact) mass is 478 g/mol. The molecule has 170 valence electrons. The van der Waals surface area contributed by atoms with Crippen molar-refractivity contribution in [3.63, 3.8) is 0 Å². The van der Waals surface area contributed by atoms with E-state index in [9.17, 15) is 4.39 Å². The summed E-state index contributed by atoms with van der Waals surface area (Å²) >= 11 is 1.68. The number of fused-ring (bicyclic) bond motifs is 2. The molecular formula is C27H19FN6S. The zero-order chi connectivity index (χ0) is 23.8. The van der Waals surface area contributed by atoms with Gasteiger partial charge >= 0.3 is 0 Å². The summed E-state index contributed by atoms with van der Waals surface area (Å²) < 4.78 is 16.6. The molecular weight excluding hydrogens is 459 g/mol. The zero-order valence-corrected chi connectivity index (χ0v) is 19.4. The van der Waals surface area contributed by atoms with Crippen LogP contribution in [0.5, 0.6) is 0 Å². The third-order valence-corrected chi connectivity index (χ3v) is 7.06. The maximum Gasteiger partial charge on any atom is 0.215 e. The molecule has 4 heterocycles. The Hall–Kier alpha value is -4.35. The second-order valence-corrected chi connectivity index (χ2v) is 9.35. The van der Waals surface area contributed by atoms with E-state index in [4.69, 9.17) is 11.6 Å². The summed E-state index contributed by atoms with van der Waals surface area (Å²) in [6.07, 6.45) is 7.39. The van der Waals surface area contributed by atoms with E-state index in [0.29, 0.717) is 6.54 Å². The first kappa shape index (κ1) is 21.2. The van der Waals surface area contributed by atoms with Gasteiger partial charge in [-0.25, -0.2) is 20.9 Å². The molecule has 0 saturated heterocycles. The molecule has 6 aromatic rings. The van der Waals surface area contributed by atoms with Gasteiger partial charge in [0.2, 0.25) is 6.54 Å². The number of halogens is 1. The first-order chi connectivity index (χ1) is 17.2. The zero-order valence-electron chi connectivity index (χ0n) is 18.6. The Bertz CT molecular complexity index is 1700. The van der Waals surface area contributed by atoms with Crippen LogP contribution in [0.3, 0.4) is 0 Å². The molecule has 8 heteroatoms. The molecule has 0 aliphatic rings. The highest BCUT2D eigenvalue weighted by molar-refractivity contribution is 7.18. The number of aromatic nitrogens is 5. The van der Waals surface area contributed by atoms with E-state index in [1.807, 2.05) is 24.4 Å². The SMILES string of the molecule is [C-]#[N+]CCCc1nc2ccc(-c3cnc4ccc(-c5cn[nH]c5-c5ccc(F)cc5)cn34)cc2s1. The molecule has 0 bridgehead atoms. The molecule has 6 nitrogen and oxygen atoms in total. The Labute approximate surface area is 204 Å². The van der Waals surface area contributed by atoms with Crippen molar-refractivity contribution in [3.05, 3.63) is 95.4 Å². The number of aryl methyl sites for hydroxylation is 1. The lowest BCUT2D eigenvalue weighted by Gasteiger charge is -2.07. The molecule has 0 fully saturated rings. The Morgan fingerprint density at radius 3 is 2.69 bits per heavy atom. The molecule has 0 amide bonds. The van der Waals surface area contributed by atoms with E-state index < -0.39 is 0 Å². The number of pyridine rings is 1. The number of rotatable bonds is 6. The largest absolute Gasteiger partial charge is 0.317 e. The quantitative estimate of drug-likeness (QED) is 0.215. The van der Waals surface area contributed by atoms with E-state index in [0.717, 1.165) is 67.4 Å². The van der Waals surface area contributed by atoms with Gasteiger partial charge in [-0.2, -0.15) is 5.10 Å². The normalized spacial score (nSPS) is 11.3. The Kier molecular flexibility index (Phi) is 5.32. The Morgan fingerprint density at radius 2 is 1.83 bits per heavy atom. The van der Waals surface area contributed by atoms with E-state index in [1.165, 1.54) is 12.1 Å². The van der Waals surface area contributed by atoms with Gasteiger partial charge in [-0.3, -0.25) is 9.50 Å². The van der Waals surface area contributed by atoms with Crippen molar-refractivity contribution in [2.24, 2.45) is 0 Å². The van der Waals surface area contributed by atoms with Crippen LogP contribution >= 0.6 is 11.3 Å². The van der Waals surface area contributed by atoms with Gasteiger partial charge in [0.25, 0.3) is 0 Å². The van der Waals surface area contributed by atoms with Crippen LogP contribution in [0.4, 0.5) is 4.39 Å². The van der Waals surface area contributed by atoms with Crippen LogP contribution in [0.15, 0.2) is 73.2 Å². The van der Waals surface area contributed by atoms with E-state index in [-0.39, 0.29) is 5.82 Å². The molecule has 1 N–H and O–H groups in total. The van der Waals surface area contributed by atoms with Crippen LogP contribution < -0.4 is 0 Å². The summed E-state index contributed by atoms with van der Waals surface area (Å²) in [6, 6.07) is 16.7. The van der Waals surface area contributed by atoms with Crippen molar-refractivity contribution < 1.29 is 4.39 Å². The Balaban J connectivity index is 1.38. The van der Waals surface area contributed by atoms with Crippen molar-refractivity contribution in [3.8, 4) is 33.6 Å². The number of aromatic amines is 1. The molecule has 6 rings (SSSR count). The fourth-order valence-corrected chi connectivity index (χ4v) is 5.29. The standard InChI is InChI=1S/C27H19FN6S/c1-29-12-2-3-26-32-22-10-6-18(13-24(22)35-26)23-15-30-25-11-7-19(16-34(23)25)21-14-31-33-27(21)17-4-8-20(28)9-5-17/h4-11,13-16H,2-3,12H2,(H,31,33). The number of thiazole rings is 1. The molecule has 0 spiro atoms. The van der Waals surface area contributed by atoms with Gasteiger partial charge in [0.15, 0.2) is 0 Å². The van der Waals surface area contributed by atoms with Gasteiger partial charge in [0.1, 0.15) is 11.5 Å². The van der Waals surface area contributed by atoms with Gasteiger partial charge in [0, 0.05) is 41.3 Å². The number of H-pyrrole nitrogens is 1. The summed E-state index contributed by atoms with van der Waals surface area (Å²) in [6.45, 7) is 7.49. The van der Waals surface area contributed by atoms with Gasteiger partial charge in [-0.15, -0.1) is 11.3 Å². The van der Waals surface area contributed by atoms with Crippen molar-refractivity contribution in [2.45, 2.75) is 12.8 Å². The molecule has 0 unspecified atom stereocenters. The number of hydrogen-bond donors (Lipinski definition) is 1. The summed E-state index contributed by atoms with van der Waals surface area (Å²) in [4.78, 5) is 12.8. The predicted molar refractivity (Wildman–Crippen MR) is 137 cm³/mol. The van der Waals surface area contributed by atoms with Crippen molar-refractivity contribution >= 4 is 27.2 Å². The molecule has 2 aromatic carbocycles. The van der Waals surface area contributed by atoms with Gasteiger partial charge < -0.3 is 4.85 Å². The highest BCUT2D eigenvalue weighted by Gasteiger charge is 2.14. The van der Waals surface area contributed by atoms with Gasteiger partial charge in [-0.05, 0) is 48.5 Å². The third kappa shape index (κ3) is 3.96. The first-order valence-electron chi connectivity index (χ1n) is 11.2. The fraction of sp³-hybridized carbons (Fsp3) is 0.111. The smallest absolute Gasteiger partial charge is 0.215 e. The molecule has 0 atom stereocenters. The summed E-state index contributed by atoms with van der Waals surface area (Å²) in [5.41, 5.74) is 7.48. The van der Waals surface area contributed by atoms with Crippen LogP contribution in [0.2, 0.25) is 0 Å². The van der Waals surface area contributed by atoms with Crippen molar-refractivity contribution in [1.82, 2.24) is 24.6 Å². The highest BCUT2D eigenvalue weighted by atomic mass is 32.1. The van der Waals surface area contributed by atoms with E-state index in [2.05, 4.69) is 42.8 Å². The minimum absolute atomic E-state index is 0.271. The average Bonchev–Trinajstić information content (AvgIpc) is 3.61. The van der Waals surface area contributed by atoms with Crippen LogP contribution in [0, 0.1) is 12.4 Å². The lowest BCUT2D eigenvalue weighted by molar-refractivity contribution is 0.628. The maximum absolute atomic E-state index is 13.4. The average molecular weight is 479 g/mol. The molecule has 0 saturated carbocycles. The topological polar surface area (TPSA) is 63.2 Å². The predicted octanol–water partition coefficient (Wildman–Crippen LogP) is 6.66. The minimum Gasteiger partial charge on any atom is -0.317 e. The molecule has 35 heavy (non-hydrogen) atoms. The number of imidazole rings is 1. The summed E-state index contributed by atoms with van der Waals surface area (Å²) in [5, 5.41) is 8.36. The highest BCUT2D eigenvalue weighted by Crippen LogP contribution is 2.33. The molecule has 0 aliphatic heterocycles. The number of nitrogens with zero attached hydrogens (tertiary/aromatic N) is 5. The number of hydrogen-bond acceptors (Lipinski definition) is 4. The molecule has 0 aliphatic carbocycles. The second kappa shape index (κ2) is 8.78. The Morgan fingerprint density at radius 1 is 1.00 bits per heavy atom. The third-order valence-electron chi connectivity index (χ3n) is 5.98. The van der Waals surface area contributed by atoms with Crippen LogP contribution in [-0.2, 0) is 6.42 Å². The second-order valence-electron chi connectivity index (χ2n) is 8.23. The van der Waals surface area contributed by atoms with Gasteiger partial charge in [-0.1, -0.05) is 6.07 Å². The molecule has 4 aromatic heterocycles. The van der Waals surface area contributed by atoms with Crippen LogP contribution in [0.25, 0.3) is 54.4 Å². The number of nitrogens with one attached hydrogen (secondary N) is 1. The summed E-state index contributed by atoms with van der Waals surface area (Å²) in [7, 11) is 0. The van der Waals surface area contributed by atoms with Gasteiger partial charge in [0.05, 0.1) is 39.0 Å². The van der Waals surface area contributed by atoms with Crippen molar-refractivity contribution in [1.29, 1.82) is 0 Å².